The van der Waals surface area contributed by atoms with Crippen molar-refractivity contribution in [3.63, 3.8) is 0 Å². The first-order valence-electron chi connectivity index (χ1n) is 6.70. The first-order chi connectivity index (χ1) is 11.0. The predicted molar refractivity (Wildman–Crippen MR) is 88.6 cm³/mol. The highest BCUT2D eigenvalue weighted by Gasteiger charge is 2.13. The van der Waals surface area contributed by atoms with Gasteiger partial charge in [-0.2, -0.15) is 5.10 Å². The van der Waals surface area contributed by atoms with Gasteiger partial charge in [0.2, 0.25) is 0 Å². The minimum atomic E-state index is -0.526. The number of hydrogen-bond donors (Lipinski definition) is 2. The number of hydrogen-bond acceptors (Lipinski definition) is 6. The molecule has 0 bridgehead atoms. The van der Waals surface area contributed by atoms with Crippen LogP contribution in [0.4, 0.5) is 11.4 Å². The maximum atomic E-state index is 10.9. The molecule has 0 heterocycles. The summed E-state index contributed by atoms with van der Waals surface area (Å²) in [5, 5.41) is 24.9. The van der Waals surface area contributed by atoms with Crippen LogP contribution in [0.3, 0.4) is 0 Å². The van der Waals surface area contributed by atoms with Gasteiger partial charge in [0.25, 0.3) is 5.69 Å². The molecule has 0 aromatic heterocycles. The van der Waals surface area contributed by atoms with Crippen molar-refractivity contribution in [2.24, 2.45) is 5.10 Å². The molecular weight excluding hydrogens is 322 g/mol. The molecular formula is C15H14ClN3O4. The van der Waals surface area contributed by atoms with Gasteiger partial charge in [-0.1, -0.05) is 11.6 Å². The van der Waals surface area contributed by atoms with Crippen molar-refractivity contribution < 1.29 is 14.8 Å². The molecule has 2 rings (SSSR count). The van der Waals surface area contributed by atoms with Crippen LogP contribution in [0.1, 0.15) is 12.5 Å². The highest BCUT2D eigenvalue weighted by molar-refractivity contribution is 6.31. The number of nitrogens with one attached hydrogen (secondary N) is 1. The molecule has 0 atom stereocenters. The molecule has 0 saturated carbocycles. The predicted octanol–water partition coefficient (Wildman–Crippen LogP) is 3.80. The third-order valence-electron chi connectivity index (χ3n) is 2.84. The minimum absolute atomic E-state index is 0.0300. The smallest absolute Gasteiger partial charge is 0.294 e. The van der Waals surface area contributed by atoms with E-state index in [1.807, 2.05) is 0 Å². The summed E-state index contributed by atoms with van der Waals surface area (Å²) in [5.41, 5.74) is 3.30. The van der Waals surface area contributed by atoms with Crippen LogP contribution in [-0.2, 0) is 0 Å². The number of nitro benzene ring substituents is 1. The molecule has 2 N–H and O–H groups in total. The van der Waals surface area contributed by atoms with E-state index in [0.717, 1.165) is 0 Å². The average molecular weight is 336 g/mol. The Morgan fingerprint density at radius 3 is 2.87 bits per heavy atom. The van der Waals surface area contributed by atoms with E-state index in [1.54, 1.807) is 19.1 Å². The molecule has 0 aliphatic rings. The summed E-state index contributed by atoms with van der Waals surface area (Å²) in [6.07, 6.45) is 1.45. The number of phenols is 1. The number of anilines is 1. The lowest BCUT2D eigenvalue weighted by Crippen LogP contribution is -1.97. The zero-order valence-electron chi connectivity index (χ0n) is 12.2. The largest absolute Gasteiger partial charge is 0.504 e. The summed E-state index contributed by atoms with van der Waals surface area (Å²) < 4.78 is 5.27. The molecule has 0 aliphatic heterocycles. The second kappa shape index (κ2) is 7.46. The van der Waals surface area contributed by atoms with Crippen LogP contribution in [0, 0.1) is 10.1 Å². The lowest BCUT2D eigenvalue weighted by Gasteiger charge is -2.06. The maximum absolute atomic E-state index is 10.9. The normalized spacial score (nSPS) is 10.7. The van der Waals surface area contributed by atoms with E-state index in [4.69, 9.17) is 16.3 Å². The molecule has 0 amide bonds. The lowest BCUT2D eigenvalue weighted by atomic mass is 10.2. The highest BCUT2D eigenvalue weighted by Crippen LogP contribution is 2.28. The fourth-order valence-electron chi connectivity index (χ4n) is 1.82. The van der Waals surface area contributed by atoms with Crippen molar-refractivity contribution in [3.05, 3.63) is 57.1 Å². The lowest BCUT2D eigenvalue weighted by molar-refractivity contribution is -0.384. The van der Waals surface area contributed by atoms with Gasteiger partial charge in [-0.15, -0.1) is 0 Å². The molecule has 0 radical (unpaired) electrons. The molecule has 0 unspecified atom stereocenters. The van der Waals surface area contributed by atoms with Gasteiger partial charge in [0.05, 0.1) is 17.7 Å². The van der Waals surface area contributed by atoms with Crippen molar-refractivity contribution in [3.8, 4) is 11.5 Å². The Morgan fingerprint density at radius 2 is 2.17 bits per heavy atom. The fourth-order valence-corrected chi connectivity index (χ4v) is 1.99. The second-order valence-electron chi connectivity index (χ2n) is 4.45. The summed E-state index contributed by atoms with van der Waals surface area (Å²) >= 11 is 5.83. The number of rotatable bonds is 6. The molecule has 2 aromatic rings. The van der Waals surface area contributed by atoms with Crippen molar-refractivity contribution >= 4 is 29.2 Å². The Morgan fingerprint density at radius 1 is 1.39 bits per heavy atom. The van der Waals surface area contributed by atoms with Gasteiger partial charge >= 0.3 is 0 Å². The van der Waals surface area contributed by atoms with Crippen molar-refractivity contribution in [1.29, 1.82) is 0 Å². The van der Waals surface area contributed by atoms with Crippen LogP contribution in [0.25, 0.3) is 0 Å². The number of nitro groups is 1. The highest BCUT2D eigenvalue weighted by atomic mass is 35.5. The van der Waals surface area contributed by atoms with Crippen molar-refractivity contribution in [1.82, 2.24) is 0 Å². The average Bonchev–Trinajstić information content (AvgIpc) is 2.50. The van der Waals surface area contributed by atoms with Gasteiger partial charge in [0, 0.05) is 11.1 Å². The number of phenolic OH excluding ortho intramolecular Hbond substituents is 1. The molecule has 8 heteroatoms. The SMILES string of the molecule is CCOc1cc(/C=N\Nc2cc(Cl)ccc2[N+](=O)[O-])ccc1O. The Bertz CT molecular complexity index is 749. The number of ether oxygens (including phenoxy) is 1. The molecule has 120 valence electrons. The fraction of sp³-hybridized carbons (Fsp3) is 0.133. The van der Waals surface area contributed by atoms with Crippen LogP contribution in [0.2, 0.25) is 5.02 Å². The molecule has 0 aliphatic carbocycles. The van der Waals surface area contributed by atoms with E-state index < -0.39 is 4.92 Å². The van der Waals surface area contributed by atoms with Gasteiger partial charge in [0.1, 0.15) is 5.69 Å². The first kappa shape index (κ1) is 16.6. The van der Waals surface area contributed by atoms with E-state index in [0.29, 0.717) is 22.9 Å². The summed E-state index contributed by atoms with van der Waals surface area (Å²) in [6, 6.07) is 8.87. The van der Waals surface area contributed by atoms with Crippen LogP contribution in [0.15, 0.2) is 41.5 Å². The summed E-state index contributed by atoms with van der Waals surface area (Å²) in [5.74, 6) is 0.368. The van der Waals surface area contributed by atoms with Gasteiger partial charge in [-0.25, -0.2) is 0 Å². The van der Waals surface area contributed by atoms with E-state index in [9.17, 15) is 15.2 Å². The summed E-state index contributed by atoms with van der Waals surface area (Å²) in [7, 11) is 0. The minimum Gasteiger partial charge on any atom is -0.504 e. The van der Waals surface area contributed by atoms with Crippen molar-refractivity contribution in [2.45, 2.75) is 6.92 Å². The number of halogens is 1. The number of benzene rings is 2. The van der Waals surface area contributed by atoms with E-state index in [1.165, 1.54) is 30.5 Å². The Hall–Kier alpha value is -2.80. The van der Waals surface area contributed by atoms with Crippen LogP contribution in [0.5, 0.6) is 11.5 Å². The van der Waals surface area contributed by atoms with E-state index in [2.05, 4.69) is 10.5 Å². The number of hydrazone groups is 1. The Balaban J connectivity index is 2.18. The topological polar surface area (TPSA) is 97.0 Å². The zero-order chi connectivity index (χ0) is 16.8. The third kappa shape index (κ3) is 4.33. The maximum Gasteiger partial charge on any atom is 0.294 e. The summed E-state index contributed by atoms with van der Waals surface area (Å²) in [4.78, 5) is 10.4. The standard InChI is InChI=1S/C15H14ClN3O4/c1-2-23-15-7-10(3-6-14(15)20)9-17-18-12-8-11(16)4-5-13(12)19(21)22/h3-9,18,20H,2H2,1H3/b17-9-. The quantitative estimate of drug-likeness (QED) is 0.475. The van der Waals surface area contributed by atoms with E-state index in [-0.39, 0.29) is 17.1 Å². The molecule has 0 spiro atoms. The van der Waals surface area contributed by atoms with Gasteiger partial charge < -0.3 is 9.84 Å². The Kier molecular flexibility index (Phi) is 5.37. The van der Waals surface area contributed by atoms with Gasteiger partial charge in [-0.3, -0.25) is 15.5 Å². The molecule has 23 heavy (non-hydrogen) atoms. The van der Waals surface area contributed by atoms with Crippen LogP contribution in [-0.4, -0.2) is 22.9 Å². The molecule has 2 aromatic carbocycles. The molecule has 0 fully saturated rings. The van der Waals surface area contributed by atoms with Gasteiger partial charge in [0.15, 0.2) is 11.5 Å². The monoisotopic (exact) mass is 335 g/mol. The molecule has 0 saturated heterocycles. The summed E-state index contributed by atoms with van der Waals surface area (Å²) in [6.45, 7) is 2.22. The van der Waals surface area contributed by atoms with Gasteiger partial charge in [-0.05, 0) is 42.8 Å². The van der Waals surface area contributed by atoms with Crippen LogP contribution >= 0.6 is 11.6 Å². The molecule has 7 nitrogen and oxygen atoms in total. The number of aromatic hydroxyl groups is 1. The number of nitrogens with zero attached hydrogens (tertiary/aromatic N) is 2. The van der Waals surface area contributed by atoms with E-state index >= 15 is 0 Å². The second-order valence-corrected chi connectivity index (χ2v) is 4.89. The third-order valence-corrected chi connectivity index (χ3v) is 3.07. The van der Waals surface area contributed by atoms with Crippen LogP contribution < -0.4 is 10.2 Å². The zero-order valence-corrected chi connectivity index (χ0v) is 12.9. The van der Waals surface area contributed by atoms with Crippen molar-refractivity contribution in [2.75, 3.05) is 12.0 Å². The Labute approximate surface area is 137 Å². The first-order valence-corrected chi connectivity index (χ1v) is 7.08.